The highest BCUT2D eigenvalue weighted by molar-refractivity contribution is 7.13. The second-order valence-electron chi connectivity index (χ2n) is 5.65. The van der Waals surface area contributed by atoms with Gasteiger partial charge in [-0.15, -0.1) is 11.3 Å². The van der Waals surface area contributed by atoms with Crippen LogP contribution >= 0.6 is 11.3 Å². The van der Waals surface area contributed by atoms with Crippen molar-refractivity contribution in [2.24, 2.45) is 0 Å². The molecule has 1 aliphatic heterocycles. The van der Waals surface area contributed by atoms with Crippen LogP contribution in [0.2, 0.25) is 0 Å². The molecule has 2 aromatic heterocycles. The zero-order valence-electron chi connectivity index (χ0n) is 12.9. The molecule has 3 rings (SSSR count). The highest BCUT2D eigenvalue weighted by Crippen LogP contribution is 2.24. The lowest BCUT2D eigenvalue weighted by Gasteiger charge is -2.26. The summed E-state index contributed by atoms with van der Waals surface area (Å²) in [6.45, 7) is 2.47. The number of carbonyl (C=O) groups is 1. The van der Waals surface area contributed by atoms with Gasteiger partial charge in [0.2, 0.25) is 5.91 Å². The van der Waals surface area contributed by atoms with E-state index < -0.39 is 0 Å². The van der Waals surface area contributed by atoms with Crippen molar-refractivity contribution in [1.82, 2.24) is 20.2 Å². The van der Waals surface area contributed by atoms with Crippen LogP contribution in [-0.2, 0) is 11.2 Å². The first-order valence-electron chi connectivity index (χ1n) is 7.85. The predicted octanol–water partition coefficient (Wildman–Crippen LogP) is 1.62. The molecule has 3 heterocycles. The topological polar surface area (TPSA) is 84.1 Å². The second kappa shape index (κ2) is 7.52. The quantitative estimate of drug-likeness (QED) is 0.840. The molecule has 1 unspecified atom stereocenters. The van der Waals surface area contributed by atoms with Crippen molar-refractivity contribution in [3.63, 3.8) is 0 Å². The largest absolute Gasteiger partial charge is 0.375 e. The lowest BCUT2D eigenvalue weighted by Crippen LogP contribution is -2.40. The van der Waals surface area contributed by atoms with Crippen LogP contribution in [0.25, 0.3) is 0 Å². The van der Waals surface area contributed by atoms with Gasteiger partial charge in [-0.05, 0) is 37.6 Å². The number of likely N-dealkylation sites (tertiary alicyclic amines) is 1. The minimum Gasteiger partial charge on any atom is -0.375 e. The van der Waals surface area contributed by atoms with Crippen LogP contribution in [0.15, 0.2) is 29.9 Å². The van der Waals surface area contributed by atoms with Crippen LogP contribution in [0.1, 0.15) is 30.1 Å². The predicted molar refractivity (Wildman–Crippen MR) is 91.0 cm³/mol. The first-order valence-corrected chi connectivity index (χ1v) is 8.73. The third kappa shape index (κ3) is 4.05. The van der Waals surface area contributed by atoms with Gasteiger partial charge in [0.1, 0.15) is 6.04 Å². The fourth-order valence-corrected chi connectivity index (χ4v) is 3.51. The Balaban J connectivity index is 1.63. The van der Waals surface area contributed by atoms with Gasteiger partial charge in [-0.1, -0.05) is 6.07 Å². The number of carbonyl (C=O) groups excluding carboxylic acids is 1. The Hall–Kier alpha value is -1.99. The summed E-state index contributed by atoms with van der Waals surface area (Å²) < 4.78 is 0. The van der Waals surface area contributed by atoms with E-state index in [1.165, 1.54) is 11.3 Å². The number of hydrogen-bond donors (Lipinski definition) is 2. The van der Waals surface area contributed by atoms with Gasteiger partial charge in [0.05, 0.1) is 5.69 Å². The second-order valence-corrected chi connectivity index (χ2v) is 6.54. The van der Waals surface area contributed by atoms with Crippen molar-refractivity contribution >= 4 is 22.4 Å². The van der Waals surface area contributed by atoms with E-state index in [0.717, 1.165) is 37.2 Å². The molecule has 1 aliphatic rings. The van der Waals surface area contributed by atoms with Crippen LogP contribution < -0.4 is 11.1 Å². The van der Waals surface area contributed by atoms with Crippen molar-refractivity contribution in [2.75, 3.05) is 25.4 Å². The number of pyridine rings is 1. The van der Waals surface area contributed by atoms with Crippen molar-refractivity contribution in [1.29, 1.82) is 0 Å². The van der Waals surface area contributed by atoms with E-state index in [1.54, 1.807) is 12.4 Å². The number of amides is 1. The minimum absolute atomic E-state index is 0.0306. The summed E-state index contributed by atoms with van der Waals surface area (Å²) in [5, 5.41) is 5.53. The van der Waals surface area contributed by atoms with E-state index in [2.05, 4.69) is 20.2 Å². The molecule has 1 fully saturated rings. The maximum Gasteiger partial charge on any atom is 0.242 e. The van der Waals surface area contributed by atoms with Crippen LogP contribution in [0.4, 0.5) is 5.13 Å². The third-order valence-electron chi connectivity index (χ3n) is 4.00. The molecule has 23 heavy (non-hydrogen) atoms. The van der Waals surface area contributed by atoms with E-state index in [0.29, 0.717) is 18.1 Å². The van der Waals surface area contributed by atoms with Gasteiger partial charge < -0.3 is 11.1 Å². The number of thiazole rings is 1. The lowest BCUT2D eigenvalue weighted by atomic mass is 10.1. The third-order valence-corrected chi connectivity index (χ3v) is 4.73. The number of hydrogen-bond acceptors (Lipinski definition) is 6. The number of nitrogen functional groups attached to an aromatic ring is 1. The Kier molecular flexibility index (Phi) is 5.19. The summed E-state index contributed by atoms with van der Waals surface area (Å²) in [6, 6.07) is 3.59. The first kappa shape index (κ1) is 15.9. The van der Waals surface area contributed by atoms with E-state index >= 15 is 0 Å². The molecule has 3 N–H and O–H groups in total. The molecule has 1 amide bonds. The maximum atomic E-state index is 12.7. The van der Waals surface area contributed by atoms with Crippen molar-refractivity contribution < 1.29 is 4.79 Å². The Labute approximate surface area is 139 Å². The van der Waals surface area contributed by atoms with Gasteiger partial charge in [0.15, 0.2) is 5.13 Å². The molecule has 7 heteroatoms. The Morgan fingerprint density at radius 3 is 2.91 bits per heavy atom. The summed E-state index contributed by atoms with van der Waals surface area (Å²) >= 11 is 1.42. The van der Waals surface area contributed by atoms with E-state index in [9.17, 15) is 4.79 Å². The molecule has 0 bridgehead atoms. The smallest absolute Gasteiger partial charge is 0.242 e. The van der Waals surface area contributed by atoms with Crippen LogP contribution in [-0.4, -0.2) is 40.4 Å². The van der Waals surface area contributed by atoms with Gasteiger partial charge in [0.25, 0.3) is 0 Å². The van der Waals surface area contributed by atoms with E-state index in [1.807, 2.05) is 17.5 Å². The van der Waals surface area contributed by atoms with Gasteiger partial charge in [0, 0.05) is 30.7 Å². The maximum absolute atomic E-state index is 12.7. The highest BCUT2D eigenvalue weighted by Gasteiger charge is 2.29. The Morgan fingerprint density at radius 1 is 1.43 bits per heavy atom. The molecule has 6 nitrogen and oxygen atoms in total. The normalized spacial score (nSPS) is 16.3. The Bertz CT molecular complexity index is 639. The van der Waals surface area contributed by atoms with Crippen LogP contribution in [0, 0.1) is 0 Å². The fraction of sp³-hybridized carbons (Fsp3) is 0.438. The molecule has 0 saturated carbocycles. The average Bonchev–Trinajstić information content (AvgIpc) is 3.21. The lowest BCUT2D eigenvalue weighted by molar-refractivity contribution is -0.126. The van der Waals surface area contributed by atoms with Crippen LogP contribution in [0.3, 0.4) is 0 Å². The van der Waals surface area contributed by atoms with Crippen molar-refractivity contribution in [3.05, 3.63) is 41.2 Å². The standard InChI is InChI=1S/C16H21N5OS/c17-16-20-13(11-23-16)5-7-19-15(22)14(21-8-1-2-9-21)12-4-3-6-18-10-12/h3-4,6,10-11,14H,1-2,5,7-9H2,(H2,17,20)(H,19,22). The average molecular weight is 331 g/mol. The summed E-state index contributed by atoms with van der Waals surface area (Å²) in [6.07, 6.45) is 6.49. The number of aromatic nitrogens is 2. The molecular formula is C16H21N5OS. The highest BCUT2D eigenvalue weighted by atomic mass is 32.1. The summed E-state index contributed by atoms with van der Waals surface area (Å²) in [7, 11) is 0. The number of anilines is 1. The molecule has 1 atom stereocenters. The molecule has 122 valence electrons. The zero-order valence-corrected chi connectivity index (χ0v) is 13.8. The van der Waals surface area contributed by atoms with Gasteiger partial charge >= 0.3 is 0 Å². The van der Waals surface area contributed by atoms with Gasteiger partial charge in [-0.25, -0.2) is 4.98 Å². The minimum atomic E-state index is -0.258. The number of nitrogens with zero attached hydrogens (tertiary/aromatic N) is 3. The molecule has 0 aromatic carbocycles. The monoisotopic (exact) mass is 331 g/mol. The zero-order chi connectivity index (χ0) is 16.1. The number of nitrogens with one attached hydrogen (secondary N) is 1. The van der Waals surface area contributed by atoms with Gasteiger partial charge in [-0.2, -0.15) is 0 Å². The van der Waals surface area contributed by atoms with Crippen molar-refractivity contribution in [2.45, 2.75) is 25.3 Å². The fourth-order valence-electron chi connectivity index (χ4n) is 2.91. The summed E-state index contributed by atoms with van der Waals surface area (Å²) in [5.74, 6) is 0.0306. The van der Waals surface area contributed by atoms with Crippen LogP contribution in [0.5, 0.6) is 0 Å². The van der Waals surface area contributed by atoms with Crippen molar-refractivity contribution in [3.8, 4) is 0 Å². The van der Waals surface area contributed by atoms with Gasteiger partial charge in [-0.3, -0.25) is 14.7 Å². The number of nitrogens with two attached hydrogens (primary N) is 1. The Morgan fingerprint density at radius 2 is 2.26 bits per heavy atom. The van der Waals surface area contributed by atoms with E-state index in [-0.39, 0.29) is 11.9 Å². The first-order chi connectivity index (χ1) is 11.2. The van der Waals surface area contributed by atoms with E-state index in [4.69, 9.17) is 5.73 Å². The summed E-state index contributed by atoms with van der Waals surface area (Å²) in [5.41, 5.74) is 7.50. The summed E-state index contributed by atoms with van der Waals surface area (Å²) in [4.78, 5) is 23.3. The molecule has 0 spiro atoms. The molecular weight excluding hydrogens is 310 g/mol. The molecule has 2 aromatic rings. The molecule has 0 aliphatic carbocycles. The number of rotatable bonds is 6. The molecule has 0 radical (unpaired) electrons. The SMILES string of the molecule is Nc1nc(CCNC(=O)C(c2cccnc2)N2CCCC2)cs1. The molecule has 1 saturated heterocycles.